The van der Waals surface area contributed by atoms with Gasteiger partial charge in [-0.05, 0) is 71.5 Å². The molecule has 0 bridgehead atoms. The number of rotatable bonds is 10. The third-order valence-corrected chi connectivity index (χ3v) is 4.50. The largest absolute Gasteiger partial charge is 0.314 e. The molecule has 1 atom stereocenters. The summed E-state index contributed by atoms with van der Waals surface area (Å²) in [5.41, 5.74) is 0. The van der Waals surface area contributed by atoms with Gasteiger partial charge in [0.1, 0.15) is 0 Å². The predicted octanol–water partition coefficient (Wildman–Crippen LogP) is 2.57. The van der Waals surface area contributed by atoms with Gasteiger partial charge in [0.2, 0.25) is 0 Å². The van der Waals surface area contributed by atoms with Crippen LogP contribution in [0.1, 0.15) is 52.9 Å². The molecule has 1 aliphatic heterocycles. The molecule has 114 valence electrons. The molecule has 3 nitrogen and oxygen atoms in total. The van der Waals surface area contributed by atoms with E-state index in [4.69, 9.17) is 0 Å². The summed E-state index contributed by atoms with van der Waals surface area (Å²) >= 11 is 0. The lowest BCUT2D eigenvalue weighted by molar-refractivity contribution is 0.229. The van der Waals surface area contributed by atoms with E-state index in [1.165, 1.54) is 77.9 Å². The number of hydrogen-bond acceptors (Lipinski definition) is 3. The van der Waals surface area contributed by atoms with Gasteiger partial charge in [-0.3, -0.25) is 0 Å². The van der Waals surface area contributed by atoms with Crippen LogP contribution in [0.2, 0.25) is 0 Å². The molecule has 1 saturated heterocycles. The Hall–Kier alpha value is -0.120. The highest BCUT2D eigenvalue weighted by Crippen LogP contribution is 2.10. The normalized spacial score (nSPS) is 20.4. The van der Waals surface area contributed by atoms with Gasteiger partial charge in [0.15, 0.2) is 0 Å². The van der Waals surface area contributed by atoms with Gasteiger partial charge >= 0.3 is 0 Å². The molecule has 0 saturated carbocycles. The summed E-state index contributed by atoms with van der Waals surface area (Å²) in [6.07, 6.45) is 6.83. The zero-order valence-corrected chi connectivity index (χ0v) is 13.5. The average molecular weight is 269 g/mol. The second-order valence-corrected chi connectivity index (χ2v) is 5.75. The first-order chi connectivity index (χ1) is 9.30. The first-order valence-electron chi connectivity index (χ1n) is 8.48. The number of hydrogen-bond donors (Lipinski definition) is 1. The average Bonchev–Trinajstić information content (AvgIpc) is 2.48. The Balaban J connectivity index is 2.10. The zero-order chi connectivity index (χ0) is 13.9. The molecule has 0 amide bonds. The van der Waals surface area contributed by atoms with Gasteiger partial charge in [-0.25, -0.2) is 0 Å². The monoisotopic (exact) mass is 269 g/mol. The van der Waals surface area contributed by atoms with Gasteiger partial charge in [-0.1, -0.05) is 27.2 Å². The van der Waals surface area contributed by atoms with E-state index in [-0.39, 0.29) is 0 Å². The summed E-state index contributed by atoms with van der Waals surface area (Å²) in [4.78, 5) is 5.15. The Bertz CT molecular complexity index is 198. The third kappa shape index (κ3) is 7.28. The Morgan fingerprint density at radius 2 is 1.58 bits per heavy atom. The molecule has 0 aromatic carbocycles. The molecule has 0 aliphatic carbocycles. The molecule has 1 aliphatic rings. The summed E-state index contributed by atoms with van der Waals surface area (Å²) in [6, 6.07) is 0.783. The summed E-state index contributed by atoms with van der Waals surface area (Å²) in [5, 5.41) is 3.66. The highest BCUT2D eigenvalue weighted by atomic mass is 15.1. The van der Waals surface area contributed by atoms with Crippen molar-refractivity contribution >= 4 is 0 Å². The quantitative estimate of drug-likeness (QED) is 0.657. The maximum Gasteiger partial charge on any atom is 0.00792 e. The third-order valence-electron chi connectivity index (χ3n) is 4.50. The van der Waals surface area contributed by atoms with Crippen LogP contribution >= 0.6 is 0 Å². The Morgan fingerprint density at radius 3 is 2.16 bits per heavy atom. The van der Waals surface area contributed by atoms with Crippen LogP contribution in [0.3, 0.4) is 0 Å². The van der Waals surface area contributed by atoms with Gasteiger partial charge < -0.3 is 15.1 Å². The van der Waals surface area contributed by atoms with Crippen molar-refractivity contribution in [3.8, 4) is 0 Å². The van der Waals surface area contributed by atoms with Crippen LogP contribution in [0.4, 0.5) is 0 Å². The molecule has 3 heteroatoms. The lowest BCUT2D eigenvalue weighted by Gasteiger charge is -2.28. The van der Waals surface area contributed by atoms with Gasteiger partial charge in [0.05, 0.1) is 0 Å². The molecular formula is C16H35N3. The smallest absolute Gasteiger partial charge is 0.00792 e. The lowest BCUT2D eigenvalue weighted by Crippen LogP contribution is -2.38. The van der Waals surface area contributed by atoms with Crippen LogP contribution in [0, 0.1) is 0 Å². The fraction of sp³-hybridized carbons (Fsp3) is 1.00. The summed E-state index contributed by atoms with van der Waals surface area (Å²) in [6.45, 7) is 15.4. The summed E-state index contributed by atoms with van der Waals surface area (Å²) < 4.78 is 0. The van der Waals surface area contributed by atoms with Crippen LogP contribution in [-0.4, -0.2) is 61.7 Å². The predicted molar refractivity (Wildman–Crippen MR) is 84.8 cm³/mol. The van der Waals surface area contributed by atoms with Gasteiger partial charge in [0, 0.05) is 6.04 Å². The second kappa shape index (κ2) is 10.6. The minimum absolute atomic E-state index is 0.783. The van der Waals surface area contributed by atoms with E-state index in [0.717, 1.165) is 6.04 Å². The molecule has 1 fully saturated rings. The van der Waals surface area contributed by atoms with Crippen molar-refractivity contribution in [3.63, 3.8) is 0 Å². The Labute approximate surface area is 120 Å². The standard InChI is InChI=1S/C16H35N3/c1-4-18(5-2)13-9-14-19(6-3)15-11-16-10-7-8-12-17-16/h16-17H,4-15H2,1-3H3. The maximum absolute atomic E-state index is 3.66. The first-order valence-corrected chi connectivity index (χ1v) is 8.48. The van der Waals surface area contributed by atoms with Crippen molar-refractivity contribution in [1.29, 1.82) is 0 Å². The molecule has 1 heterocycles. The van der Waals surface area contributed by atoms with Gasteiger partial charge in [-0.15, -0.1) is 0 Å². The van der Waals surface area contributed by atoms with Crippen LogP contribution in [0.5, 0.6) is 0 Å². The molecular weight excluding hydrogens is 234 g/mol. The van der Waals surface area contributed by atoms with Crippen molar-refractivity contribution in [2.75, 3.05) is 45.8 Å². The van der Waals surface area contributed by atoms with E-state index in [1.54, 1.807) is 0 Å². The van der Waals surface area contributed by atoms with Crippen LogP contribution in [-0.2, 0) is 0 Å². The van der Waals surface area contributed by atoms with Crippen molar-refractivity contribution in [2.45, 2.75) is 58.9 Å². The molecule has 0 spiro atoms. The van der Waals surface area contributed by atoms with E-state index < -0.39 is 0 Å². The minimum Gasteiger partial charge on any atom is -0.314 e. The maximum atomic E-state index is 3.66. The van der Waals surface area contributed by atoms with Crippen LogP contribution in [0.25, 0.3) is 0 Å². The van der Waals surface area contributed by atoms with E-state index in [0.29, 0.717) is 0 Å². The van der Waals surface area contributed by atoms with E-state index in [2.05, 4.69) is 35.9 Å². The summed E-state index contributed by atoms with van der Waals surface area (Å²) in [5.74, 6) is 0. The molecule has 1 rings (SSSR count). The number of piperidine rings is 1. The lowest BCUT2D eigenvalue weighted by atomic mass is 10.0. The molecule has 0 aromatic heterocycles. The number of nitrogens with one attached hydrogen (secondary N) is 1. The summed E-state index contributed by atoms with van der Waals surface area (Å²) in [7, 11) is 0. The van der Waals surface area contributed by atoms with E-state index >= 15 is 0 Å². The Morgan fingerprint density at radius 1 is 0.895 bits per heavy atom. The minimum atomic E-state index is 0.783. The van der Waals surface area contributed by atoms with Gasteiger partial charge in [0.25, 0.3) is 0 Å². The number of nitrogens with zero attached hydrogens (tertiary/aromatic N) is 2. The van der Waals surface area contributed by atoms with Crippen LogP contribution in [0.15, 0.2) is 0 Å². The van der Waals surface area contributed by atoms with E-state index in [1.807, 2.05) is 0 Å². The molecule has 0 radical (unpaired) electrons. The first kappa shape index (κ1) is 16.9. The van der Waals surface area contributed by atoms with Gasteiger partial charge in [-0.2, -0.15) is 0 Å². The van der Waals surface area contributed by atoms with Crippen molar-refractivity contribution in [1.82, 2.24) is 15.1 Å². The molecule has 1 unspecified atom stereocenters. The molecule has 0 aromatic rings. The second-order valence-electron chi connectivity index (χ2n) is 5.75. The highest BCUT2D eigenvalue weighted by molar-refractivity contribution is 4.73. The van der Waals surface area contributed by atoms with Crippen molar-refractivity contribution in [2.24, 2.45) is 0 Å². The zero-order valence-electron chi connectivity index (χ0n) is 13.5. The van der Waals surface area contributed by atoms with Crippen LogP contribution < -0.4 is 5.32 Å². The topological polar surface area (TPSA) is 18.5 Å². The fourth-order valence-electron chi connectivity index (χ4n) is 2.99. The highest BCUT2D eigenvalue weighted by Gasteiger charge is 2.13. The fourth-order valence-corrected chi connectivity index (χ4v) is 2.99. The Kier molecular flexibility index (Phi) is 9.48. The van der Waals surface area contributed by atoms with E-state index in [9.17, 15) is 0 Å². The molecule has 1 N–H and O–H groups in total. The van der Waals surface area contributed by atoms with Crippen molar-refractivity contribution < 1.29 is 0 Å². The molecule has 19 heavy (non-hydrogen) atoms. The SMILES string of the molecule is CCN(CC)CCCN(CC)CCC1CCCCN1. The van der Waals surface area contributed by atoms with Crippen molar-refractivity contribution in [3.05, 3.63) is 0 Å².